The number of nitrogens with zero attached hydrogens (tertiary/aromatic N) is 1. The highest BCUT2D eigenvalue weighted by atomic mass is 14.3. The van der Waals surface area contributed by atoms with E-state index in [0.29, 0.717) is 0 Å². The number of benzene rings is 5. The van der Waals surface area contributed by atoms with Crippen LogP contribution < -0.4 is 0 Å². The Kier molecular flexibility index (Phi) is 2.08. The maximum absolute atomic E-state index is 9.58. The van der Waals surface area contributed by atoms with Gasteiger partial charge < -0.3 is 0 Å². The minimum atomic E-state index is 0.752. The zero-order valence-corrected chi connectivity index (χ0v) is 11.8. The molecule has 5 aromatic rings. The van der Waals surface area contributed by atoms with E-state index >= 15 is 0 Å². The zero-order chi connectivity index (χ0) is 14.7. The lowest BCUT2D eigenvalue weighted by molar-refractivity contribution is 1.51. The Balaban J connectivity index is 2.32. The largest absolute Gasteiger partial charge is 0.192 e. The Morgan fingerprint density at radius 3 is 2.00 bits per heavy atom. The highest BCUT2D eigenvalue weighted by Gasteiger charge is 2.15. The van der Waals surface area contributed by atoms with Crippen molar-refractivity contribution in [2.45, 2.75) is 0 Å². The van der Waals surface area contributed by atoms with E-state index in [1.807, 2.05) is 12.1 Å². The highest BCUT2D eigenvalue weighted by molar-refractivity contribution is 6.34. The summed E-state index contributed by atoms with van der Waals surface area (Å²) in [5, 5.41) is 19.2. The molecule has 0 heterocycles. The van der Waals surface area contributed by atoms with E-state index in [1.165, 1.54) is 32.3 Å². The van der Waals surface area contributed by atoms with Crippen LogP contribution in [0.3, 0.4) is 0 Å². The quantitative estimate of drug-likeness (QED) is 0.266. The first-order valence-electron chi connectivity index (χ1n) is 7.37. The molecule has 5 aromatic carbocycles. The average Bonchev–Trinajstić information content (AvgIpc) is 2.60. The van der Waals surface area contributed by atoms with Crippen molar-refractivity contribution < 1.29 is 0 Å². The second kappa shape index (κ2) is 3.96. The minimum Gasteiger partial charge on any atom is -0.192 e. The summed E-state index contributed by atoms with van der Waals surface area (Å²) in [6.45, 7) is 0. The molecule has 0 amide bonds. The van der Waals surface area contributed by atoms with E-state index in [1.54, 1.807) is 0 Å². The van der Waals surface area contributed by atoms with Gasteiger partial charge in [-0.1, -0.05) is 60.7 Å². The summed E-state index contributed by atoms with van der Waals surface area (Å²) in [6, 6.07) is 25.5. The molecule has 0 radical (unpaired) electrons. The SMILES string of the molecule is N#Cc1ccc2ccc3cccc4c5ccccc5c1c2c34. The fourth-order valence-electron chi connectivity index (χ4n) is 3.73. The summed E-state index contributed by atoms with van der Waals surface area (Å²) in [5.41, 5.74) is 0.752. The maximum atomic E-state index is 9.58. The lowest BCUT2D eigenvalue weighted by Gasteiger charge is -2.15. The molecule has 0 saturated heterocycles. The predicted octanol–water partition coefficient (Wildman–Crippen LogP) is 5.61. The van der Waals surface area contributed by atoms with Crippen LogP contribution in [0.1, 0.15) is 5.56 Å². The van der Waals surface area contributed by atoms with Crippen molar-refractivity contribution in [1.82, 2.24) is 0 Å². The third-order valence-electron chi connectivity index (χ3n) is 4.63. The van der Waals surface area contributed by atoms with E-state index in [4.69, 9.17) is 0 Å². The Labute approximate surface area is 127 Å². The lowest BCUT2D eigenvalue weighted by Crippen LogP contribution is -1.89. The average molecular weight is 277 g/mol. The molecule has 100 valence electrons. The fraction of sp³-hybridized carbons (Fsp3) is 0. The maximum Gasteiger partial charge on any atom is 0.0998 e. The number of hydrogen-bond acceptors (Lipinski definition) is 1. The zero-order valence-electron chi connectivity index (χ0n) is 11.8. The van der Waals surface area contributed by atoms with Crippen LogP contribution >= 0.6 is 0 Å². The van der Waals surface area contributed by atoms with Crippen LogP contribution in [0.5, 0.6) is 0 Å². The molecule has 1 heteroatoms. The summed E-state index contributed by atoms with van der Waals surface area (Å²) in [7, 11) is 0. The Morgan fingerprint density at radius 1 is 0.545 bits per heavy atom. The Morgan fingerprint density at radius 2 is 1.18 bits per heavy atom. The van der Waals surface area contributed by atoms with Crippen molar-refractivity contribution >= 4 is 43.1 Å². The van der Waals surface area contributed by atoms with E-state index in [2.05, 4.69) is 60.7 Å². The number of hydrogen-bond donors (Lipinski definition) is 0. The van der Waals surface area contributed by atoms with Gasteiger partial charge in [-0.3, -0.25) is 0 Å². The molecule has 5 rings (SSSR count). The number of rotatable bonds is 0. The second-order valence-electron chi connectivity index (χ2n) is 5.71. The minimum absolute atomic E-state index is 0.752. The third-order valence-corrected chi connectivity index (χ3v) is 4.63. The molecule has 0 aliphatic heterocycles. The van der Waals surface area contributed by atoms with Crippen molar-refractivity contribution in [3.8, 4) is 6.07 Å². The molecule has 0 atom stereocenters. The molecule has 22 heavy (non-hydrogen) atoms. The third kappa shape index (κ3) is 1.27. The molecular formula is C21H11N. The monoisotopic (exact) mass is 277 g/mol. The highest BCUT2D eigenvalue weighted by Crippen LogP contribution is 2.41. The predicted molar refractivity (Wildman–Crippen MR) is 92.4 cm³/mol. The van der Waals surface area contributed by atoms with Crippen LogP contribution in [0.2, 0.25) is 0 Å². The van der Waals surface area contributed by atoms with Gasteiger partial charge in [0.15, 0.2) is 0 Å². The van der Waals surface area contributed by atoms with Crippen LogP contribution in [0.15, 0.2) is 66.7 Å². The molecule has 0 saturated carbocycles. The van der Waals surface area contributed by atoms with Crippen LogP contribution in [0.25, 0.3) is 43.1 Å². The fourth-order valence-corrected chi connectivity index (χ4v) is 3.73. The summed E-state index contributed by atoms with van der Waals surface area (Å²) >= 11 is 0. The van der Waals surface area contributed by atoms with Gasteiger partial charge in [0.05, 0.1) is 11.6 Å². The van der Waals surface area contributed by atoms with Crippen molar-refractivity contribution in [3.05, 3.63) is 72.3 Å². The van der Waals surface area contributed by atoms with Crippen molar-refractivity contribution in [2.75, 3.05) is 0 Å². The van der Waals surface area contributed by atoms with Crippen LogP contribution in [0, 0.1) is 11.3 Å². The van der Waals surface area contributed by atoms with Gasteiger partial charge in [-0.2, -0.15) is 5.26 Å². The molecule has 1 nitrogen and oxygen atoms in total. The van der Waals surface area contributed by atoms with E-state index in [-0.39, 0.29) is 0 Å². The van der Waals surface area contributed by atoms with Crippen molar-refractivity contribution in [3.63, 3.8) is 0 Å². The van der Waals surface area contributed by atoms with Gasteiger partial charge in [0.25, 0.3) is 0 Å². The molecule has 0 N–H and O–H groups in total. The van der Waals surface area contributed by atoms with Gasteiger partial charge in [-0.05, 0) is 43.8 Å². The van der Waals surface area contributed by atoms with Gasteiger partial charge >= 0.3 is 0 Å². The molecule has 0 aliphatic rings. The van der Waals surface area contributed by atoms with E-state index in [0.717, 1.165) is 16.3 Å². The molecule has 0 fully saturated rings. The summed E-state index contributed by atoms with van der Waals surface area (Å²) in [6.07, 6.45) is 0. The van der Waals surface area contributed by atoms with Gasteiger partial charge in [0, 0.05) is 5.39 Å². The van der Waals surface area contributed by atoms with Gasteiger partial charge in [0.2, 0.25) is 0 Å². The standard InChI is InChI=1S/C21H11N/c22-12-15-11-10-14-9-8-13-4-3-7-18-16-5-1-2-6-17(16)20(15)21(14)19(13)18/h1-11H. The van der Waals surface area contributed by atoms with E-state index in [9.17, 15) is 5.26 Å². The van der Waals surface area contributed by atoms with Crippen molar-refractivity contribution in [2.24, 2.45) is 0 Å². The van der Waals surface area contributed by atoms with Crippen LogP contribution in [-0.2, 0) is 0 Å². The summed E-state index contributed by atoms with van der Waals surface area (Å²) < 4.78 is 0. The first-order chi connectivity index (χ1) is 10.9. The van der Waals surface area contributed by atoms with Gasteiger partial charge in [0.1, 0.15) is 0 Å². The van der Waals surface area contributed by atoms with Gasteiger partial charge in [-0.15, -0.1) is 0 Å². The first-order valence-corrected chi connectivity index (χ1v) is 7.37. The Hall–Kier alpha value is -3.11. The molecule has 0 spiro atoms. The number of nitriles is 1. The van der Waals surface area contributed by atoms with Crippen LogP contribution in [0.4, 0.5) is 0 Å². The molecule has 0 aliphatic carbocycles. The molecule has 0 unspecified atom stereocenters. The van der Waals surface area contributed by atoms with E-state index < -0.39 is 0 Å². The molecule has 0 aromatic heterocycles. The molecule has 0 bridgehead atoms. The van der Waals surface area contributed by atoms with Gasteiger partial charge in [-0.25, -0.2) is 0 Å². The van der Waals surface area contributed by atoms with Crippen molar-refractivity contribution in [1.29, 1.82) is 5.26 Å². The smallest absolute Gasteiger partial charge is 0.0998 e. The molecular weight excluding hydrogens is 266 g/mol. The second-order valence-corrected chi connectivity index (χ2v) is 5.71. The first kappa shape index (κ1) is 11.5. The summed E-state index contributed by atoms with van der Waals surface area (Å²) in [4.78, 5) is 0. The summed E-state index contributed by atoms with van der Waals surface area (Å²) in [5.74, 6) is 0. The van der Waals surface area contributed by atoms with Crippen LogP contribution in [-0.4, -0.2) is 0 Å². The topological polar surface area (TPSA) is 23.8 Å². The lowest BCUT2D eigenvalue weighted by atomic mass is 9.87. The normalized spacial score (nSPS) is 11.6. The Bertz CT molecular complexity index is 1230. The number of fused-ring (bicyclic) bond motifs is 3.